The minimum absolute atomic E-state index is 0.488. The van der Waals surface area contributed by atoms with Gasteiger partial charge in [-0.1, -0.05) is 0 Å². The average molecular weight is 318 g/mol. The molecule has 2 rings (SSSR count). The molecular formula is C14H30N4O2S. The lowest BCUT2D eigenvalue weighted by Crippen LogP contribution is -2.50. The topological polar surface area (TPSA) is 69.9 Å². The summed E-state index contributed by atoms with van der Waals surface area (Å²) in [6, 6.07) is 0. The molecule has 0 bridgehead atoms. The SMILES string of the molecule is CN(C)CC1CCN(S(=O)(=O)N2CCC(CN)CC2)CC1. The molecule has 2 fully saturated rings. The summed E-state index contributed by atoms with van der Waals surface area (Å²) in [6.07, 6.45) is 3.73. The van der Waals surface area contributed by atoms with E-state index in [2.05, 4.69) is 19.0 Å². The van der Waals surface area contributed by atoms with Crippen LogP contribution in [0.5, 0.6) is 0 Å². The molecule has 0 aromatic carbocycles. The lowest BCUT2D eigenvalue weighted by molar-refractivity contribution is 0.205. The first kappa shape index (κ1) is 17.1. The van der Waals surface area contributed by atoms with E-state index in [1.54, 1.807) is 8.61 Å². The van der Waals surface area contributed by atoms with Crippen molar-refractivity contribution < 1.29 is 8.42 Å². The Morgan fingerprint density at radius 3 is 1.76 bits per heavy atom. The minimum Gasteiger partial charge on any atom is -0.330 e. The summed E-state index contributed by atoms with van der Waals surface area (Å²) in [5, 5.41) is 0. The highest BCUT2D eigenvalue weighted by atomic mass is 32.2. The second-order valence-electron chi connectivity index (χ2n) is 6.69. The highest BCUT2D eigenvalue weighted by molar-refractivity contribution is 7.86. The second kappa shape index (κ2) is 7.37. The Labute approximate surface area is 129 Å². The van der Waals surface area contributed by atoms with E-state index in [0.29, 0.717) is 44.6 Å². The number of rotatable bonds is 5. The van der Waals surface area contributed by atoms with Crippen LogP contribution in [0, 0.1) is 11.8 Å². The molecule has 0 aromatic rings. The van der Waals surface area contributed by atoms with Crippen molar-refractivity contribution in [1.82, 2.24) is 13.5 Å². The largest absolute Gasteiger partial charge is 0.330 e. The molecule has 2 N–H and O–H groups in total. The van der Waals surface area contributed by atoms with Gasteiger partial charge in [-0.3, -0.25) is 0 Å². The van der Waals surface area contributed by atoms with Crippen LogP contribution in [0.1, 0.15) is 25.7 Å². The molecule has 2 saturated heterocycles. The molecule has 0 radical (unpaired) electrons. The normalized spacial score (nSPS) is 24.8. The van der Waals surface area contributed by atoms with Gasteiger partial charge in [-0.05, 0) is 58.2 Å². The standard InChI is InChI=1S/C14H30N4O2S/c1-16(2)12-14-5-9-18(10-6-14)21(19,20)17-7-3-13(11-15)4-8-17/h13-14H,3-12,15H2,1-2H3. The van der Waals surface area contributed by atoms with Gasteiger partial charge in [-0.2, -0.15) is 17.0 Å². The van der Waals surface area contributed by atoms with Crippen molar-refractivity contribution >= 4 is 10.2 Å². The molecule has 6 nitrogen and oxygen atoms in total. The summed E-state index contributed by atoms with van der Waals surface area (Å²) in [4.78, 5) is 2.19. The van der Waals surface area contributed by atoms with E-state index in [4.69, 9.17) is 5.73 Å². The fourth-order valence-electron chi connectivity index (χ4n) is 3.38. The van der Waals surface area contributed by atoms with E-state index in [1.165, 1.54) is 0 Å². The van der Waals surface area contributed by atoms with Gasteiger partial charge in [0.2, 0.25) is 0 Å². The van der Waals surface area contributed by atoms with Crippen LogP contribution >= 0.6 is 0 Å². The van der Waals surface area contributed by atoms with Crippen LogP contribution in [-0.2, 0) is 10.2 Å². The van der Waals surface area contributed by atoms with Gasteiger partial charge in [0, 0.05) is 32.7 Å². The number of piperidine rings is 2. The molecule has 2 aliphatic heterocycles. The van der Waals surface area contributed by atoms with Crippen molar-refractivity contribution in [3.05, 3.63) is 0 Å². The minimum atomic E-state index is -3.26. The van der Waals surface area contributed by atoms with Crippen LogP contribution in [0.25, 0.3) is 0 Å². The van der Waals surface area contributed by atoms with Gasteiger partial charge >= 0.3 is 0 Å². The lowest BCUT2D eigenvalue weighted by atomic mass is 9.98. The van der Waals surface area contributed by atoms with Gasteiger partial charge in [0.15, 0.2) is 0 Å². The summed E-state index contributed by atoms with van der Waals surface area (Å²) >= 11 is 0. The van der Waals surface area contributed by atoms with Gasteiger partial charge in [-0.15, -0.1) is 0 Å². The van der Waals surface area contributed by atoms with Gasteiger partial charge in [0.1, 0.15) is 0 Å². The first-order valence-corrected chi connectivity index (χ1v) is 9.43. The van der Waals surface area contributed by atoms with E-state index < -0.39 is 10.2 Å². The molecule has 0 saturated carbocycles. The van der Waals surface area contributed by atoms with Crippen LogP contribution in [0.4, 0.5) is 0 Å². The summed E-state index contributed by atoms with van der Waals surface area (Å²) in [7, 11) is 0.892. The van der Waals surface area contributed by atoms with Crippen LogP contribution in [-0.4, -0.2) is 75.3 Å². The van der Waals surface area contributed by atoms with Gasteiger partial charge in [0.25, 0.3) is 10.2 Å². The fourth-order valence-corrected chi connectivity index (χ4v) is 5.05. The van der Waals surface area contributed by atoms with Crippen LogP contribution in [0.15, 0.2) is 0 Å². The molecule has 0 spiro atoms. The predicted octanol–water partition coefficient (Wildman–Crippen LogP) is 0.176. The van der Waals surface area contributed by atoms with Gasteiger partial charge in [-0.25, -0.2) is 0 Å². The summed E-state index contributed by atoms with van der Waals surface area (Å²) in [5.41, 5.74) is 5.67. The molecule has 124 valence electrons. The van der Waals surface area contributed by atoms with Crippen LogP contribution in [0.2, 0.25) is 0 Å². The third-order valence-electron chi connectivity index (χ3n) is 4.76. The van der Waals surface area contributed by atoms with Crippen molar-refractivity contribution in [3.63, 3.8) is 0 Å². The molecule has 2 heterocycles. The van der Waals surface area contributed by atoms with Crippen molar-refractivity contribution in [2.45, 2.75) is 25.7 Å². The number of hydrogen-bond donors (Lipinski definition) is 1. The third kappa shape index (κ3) is 4.39. The summed E-state index contributed by atoms with van der Waals surface area (Å²) in [5.74, 6) is 1.11. The zero-order valence-electron chi connectivity index (χ0n) is 13.4. The van der Waals surface area contributed by atoms with Crippen LogP contribution in [0.3, 0.4) is 0 Å². The van der Waals surface area contributed by atoms with Crippen LogP contribution < -0.4 is 5.73 Å². The fraction of sp³-hybridized carbons (Fsp3) is 1.00. The Bertz CT molecular complexity index is 411. The van der Waals surface area contributed by atoms with E-state index in [-0.39, 0.29) is 0 Å². The quantitative estimate of drug-likeness (QED) is 0.785. The Balaban J connectivity index is 1.87. The first-order chi connectivity index (χ1) is 9.93. The van der Waals surface area contributed by atoms with Crippen molar-refractivity contribution in [2.75, 3.05) is 53.4 Å². The summed E-state index contributed by atoms with van der Waals surface area (Å²) < 4.78 is 28.7. The first-order valence-electron chi connectivity index (χ1n) is 8.03. The average Bonchev–Trinajstić information content (AvgIpc) is 2.47. The molecule has 0 aliphatic carbocycles. The third-order valence-corrected chi connectivity index (χ3v) is 6.79. The molecule has 0 amide bonds. The molecule has 0 unspecified atom stereocenters. The highest BCUT2D eigenvalue weighted by Gasteiger charge is 2.34. The summed E-state index contributed by atoms with van der Waals surface area (Å²) in [6.45, 7) is 4.30. The molecule has 0 aromatic heterocycles. The smallest absolute Gasteiger partial charge is 0.281 e. The van der Waals surface area contributed by atoms with E-state index in [1.807, 2.05) is 0 Å². The van der Waals surface area contributed by atoms with Gasteiger partial charge < -0.3 is 10.6 Å². The van der Waals surface area contributed by atoms with E-state index in [0.717, 1.165) is 32.2 Å². The monoisotopic (exact) mass is 318 g/mol. The van der Waals surface area contributed by atoms with Crippen molar-refractivity contribution in [3.8, 4) is 0 Å². The maximum Gasteiger partial charge on any atom is 0.281 e. The second-order valence-corrected chi connectivity index (χ2v) is 8.62. The number of nitrogens with zero attached hydrogens (tertiary/aromatic N) is 3. The number of nitrogens with two attached hydrogens (primary N) is 1. The Morgan fingerprint density at radius 1 is 0.952 bits per heavy atom. The maximum atomic E-state index is 12.7. The molecule has 7 heteroatoms. The lowest BCUT2D eigenvalue weighted by Gasteiger charge is -2.38. The van der Waals surface area contributed by atoms with Crippen molar-refractivity contribution in [1.29, 1.82) is 0 Å². The highest BCUT2D eigenvalue weighted by Crippen LogP contribution is 2.25. The molecule has 0 atom stereocenters. The van der Waals surface area contributed by atoms with E-state index in [9.17, 15) is 8.42 Å². The molecular weight excluding hydrogens is 288 g/mol. The zero-order chi connectivity index (χ0) is 15.5. The van der Waals surface area contributed by atoms with E-state index >= 15 is 0 Å². The van der Waals surface area contributed by atoms with Gasteiger partial charge in [0.05, 0.1) is 0 Å². The Morgan fingerprint density at radius 2 is 1.38 bits per heavy atom. The van der Waals surface area contributed by atoms with Crippen molar-refractivity contribution in [2.24, 2.45) is 17.6 Å². The Hall–Kier alpha value is -0.210. The Kier molecular flexibility index (Phi) is 6.02. The maximum absolute atomic E-state index is 12.7. The zero-order valence-corrected chi connectivity index (χ0v) is 14.2. The molecule has 21 heavy (non-hydrogen) atoms. The predicted molar refractivity (Wildman–Crippen MR) is 85.1 cm³/mol. The number of hydrogen-bond acceptors (Lipinski definition) is 4. The molecule has 2 aliphatic rings.